The highest BCUT2D eigenvalue weighted by Crippen LogP contribution is 2.30. The number of hydrogen-bond donors (Lipinski definition) is 2. The number of carbonyl (C=O) groups is 2. The van der Waals surface area contributed by atoms with E-state index in [4.69, 9.17) is 0 Å². The van der Waals surface area contributed by atoms with Gasteiger partial charge in [-0.1, -0.05) is 13.0 Å². The Bertz CT molecular complexity index is 1070. The molecule has 0 spiro atoms. The lowest BCUT2D eigenvalue weighted by molar-refractivity contribution is -0.137. The summed E-state index contributed by atoms with van der Waals surface area (Å²) in [6.07, 6.45) is 0.151. The first-order valence-electron chi connectivity index (χ1n) is 9.40. The first kappa shape index (κ1) is 22.1. The Hall–Kier alpha value is -3.63. The molecule has 2 amide bonds. The van der Waals surface area contributed by atoms with Crippen LogP contribution >= 0.6 is 0 Å². The number of rotatable bonds is 7. The summed E-state index contributed by atoms with van der Waals surface area (Å²) in [5, 5.41) is 13.4. The van der Waals surface area contributed by atoms with Crippen LogP contribution in [0.25, 0.3) is 0 Å². The average Bonchev–Trinajstić information content (AvgIpc) is 3.29. The summed E-state index contributed by atoms with van der Waals surface area (Å²) in [6, 6.07) is 6.21. The summed E-state index contributed by atoms with van der Waals surface area (Å²) >= 11 is 0. The summed E-state index contributed by atoms with van der Waals surface area (Å²) in [6.45, 7) is 3.81. The van der Waals surface area contributed by atoms with E-state index in [1.54, 1.807) is 17.8 Å². The maximum atomic E-state index is 12.8. The van der Waals surface area contributed by atoms with Crippen molar-refractivity contribution in [3.8, 4) is 0 Å². The Morgan fingerprint density at radius 1 is 1.13 bits per heavy atom. The number of nitrogens with one attached hydrogen (secondary N) is 2. The Kier molecular flexibility index (Phi) is 6.42. The first-order valence-corrected chi connectivity index (χ1v) is 9.40. The molecule has 0 radical (unpaired) electrons. The molecule has 1 atom stereocenters. The summed E-state index contributed by atoms with van der Waals surface area (Å²) < 4.78 is 41.3. The third-order valence-corrected chi connectivity index (χ3v) is 4.36. The molecule has 1 unspecified atom stereocenters. The topological polar surface area (TPSA) is 93.8 Å². The maximum Gasteiger partial charge on any atom is 0.416 e. The zero-order chi connectivity index (χ0) is 22.6. The van der Waals surface area contributed by atoms with Crippen LogP contribution in [0.5, 0.6) is 0 Å². The summed E-state index contributed by atoms with van der Waals surface area (Å²) in [5.41, 5.74) is 0.439. The predicted octanol–water partition coefficient (Wildman–Crippen LogP) is 3.32. The van der Waals surface area contributed by atoms with Crippen molar-refractivity contribution in [2.45, 2.75) is 33.1 Å². The number of benzene rings is 1. The SMILES string of the molecule is Cc1ccn(CC(C)C(=O)Nc2cnn(CC(=O)Nc3cccc(C(F)(F)F)c3)c2)n1. The molecule has 2 heterocycles. The van der Waals surface area contributed by atoms with Crippen molar-refractivity contribution in [1.82, 2.24) is 19.6 Å². The van der Waals surface area contributed by atoms with E-state index in [9.17, 15) is 22.8 Å². The number of aryl methyl sites for hydroxylation is 1. The molecule has 0 aliphatic carbocycles. The molecule has 3 aromatic rings. The van der Waals surface area contributed by atoms with Crippen molar-refractivity contribution in [3.63, 3.8) is 0 Å². The zero-order valence-corrected chi connectivity index (χ0v) is 16.8. The van der Waals surface area contributed by atoms with Gasteiger partial charge in [0.2, 0.25) is 11.8 Å². The van der Waals surface area contributed by atoms with E-state index in [0.29, 0.717) is 12.2 Å². The lowest BCUT2D eigenvalue weighted by atomic mass is 10.1. The van der Waals surface area contributed by atoms with Crippen molar-refractivity contribution in [2.75, 3.05) is 10.6 Å². The predicted molar refractivity (Wildman–Crippen MR) is 107 cm³/mol. The minimum absolute atomic E-state index is 0.0307. The Balaban J connectivity index is 1.53. The first-order chi connectivity index (χ1) is 14.6. The van der Waals surface area contributed by atoms with Crippen LogP contribution in [0.1, 0.15) is 18.2 Å². The van der Waals surface area contributed by atoms with Gasteiger partial charge in [0.15, 0.2) is 0 Å². The minimum atomic E-state index is -4.50. The van der Waals surface area contributed by atoms with Crippen molar-refractivity contribution in [2.24, 2.45) is 5.92 Å². The van der Waals surface area contributed by atoms with E-state index in [-0.39, 0.29) is 24.1 Å². The molecule has 31 heavy (non-hydrogen) atoms. The Morgan fingerprint density at radius 3 is 2.58 bits per heavy atom. The van der Waals surface area contributed by atoms with E-state index in [2.05, 4.69) is 20.8 Å². The highest BCUT2D eigenvalue weighted by Gasteiger charge is 2.30. The summed E-state index contributed by atoms with van der Waals surface area (Å²) in [4.78, 5) is 24.5. The molecule has 0 saturated heterocycles. The number of carbonyl (C=O) groups excluding carboxylic acids is 2. The number of halogens is 3. The maximum absolute atomic E-state index is 12.8. The smallest absolute Gasteiger partial charge is 0.324 e. The minimum Gasteiger partial charge on any atom is -0.324 e. The van der Waals surface area contributed by atoms with Gasteiger partial charge in [0.05, 0.1) is 35.6 Å². The molecular weight excluding hydrogens is 413 g/mol. The van der Waals surface area contributed by atoms with E-state index in [0.717, 1.165) is 17.8 Å². The molecule has 2 N–H and O–H groups in total. The quantitative estimate of drug-likeness (QED) is 0.597. The number of nitrogens with zero attached hydrogens (tertiary/aromatic N) is 4. The average molecular weight is 434 g/mol. The van der Waals surface area contributed by atoms with Gasteiger partial charge in [-0.15, -0.1) is 0 Å². The summed E-state index contributed by atoms with van der Waals surface area (Å²) in [7, 11) is 0. The van der Waals surface area contributed by atoms with Gasteiger partial charge in [0, 0.05) is 18.1 Å². The van der Waals surface area contributed by atoms with Crippen LogP contribution in [0.3, 0.4) is 0 Å². The molecule has 164 valence electrons. The molecular formula is C20H21F3N6O2. The fourth-order valence-electron chi connectivity index (χ4n) is 2.83. The fourth-order valence-corrected chi connectivity index (χ4v) is 2.83. The van der Waals surface area contributed by atoms with Crippen molar-refractivity contribution in [3.05, 3.63) is 60.2 Å². The van der Waals surface area contributed by atoms with Gasteiger partial charge >= 0.3 is 6.18 Å². The third kappa shape index (κ3) is 6.17. The second kappa shape index (κ2) is 9.02. The molecule has 0 bridgehead atoms. The monoisotopic (exact) mass is 434 g/mol. The van der Waals surface area contributed by atoms with E-state index >= 15 is 0 Å². The van der Waals surface area contributed by atoms with Gasteiger partial charge in [-0.2, -0.15) is 23.4 Å². The van der Waals surface area contributed by atoms with Gasteiger partial charge < -0.3 is 10.6 Å². The van der Waals surface area contributed by atoms with Crippen molar-refractivity contribution in [1.29, 1.82) is 0 Å². The van der Waals surface area contributed by atoms with Crippen LogP contribution in [-0.4, -0.2) is 31.4 Å². The van der Waals surface area contributed by atoms with E-state index < -0.39 is 17.6 Å². The largest absolute Gasteiger partial charge is 0.416 e. The molecule has 8 nitrogen and oxygen atoms in total. The molecule has 1 aromatic carbocycles. The van der Waals surface area contributed by atoms with Gasteiger partial charge in [0.25, 0.3) is 0 Å². The fraction of sp³-hybridized carbons (Fsp3) is 0.300. The molecule has 0 saturated carbocycles. The number of hydrogen-bond acceptors (Lipinski definition) is 4. The molecule has 0 aliphatic heterocycles. The zero-order valence-electron chi connectivity index (χ0n) is 16.8. The number of aromatic nitrogens is 4. The second-order valence-electron chi connectivity index (χ2n) is 7.12. The van der Waals surface area contributed by atoms with Crippen LogP contribution in [0.15, 0.2) is 48.9 Å². The van der Waals surface area contributed by atoms with Gasteiger partial charge in [-0.05, 0) is 31.2 Å². The standard InChI is InChI=1S/C20H21F3N6O2/c1-13(10-28-7-6-14(2)27-28)19(31)26-17-9-24-29(11-17)12-18(30)25-16-5-3-4-15(8-16)20(21,22)23/h3-9,11,13H,10,12H2,1-2H3,(H,25,30)(H,26,31). The van der Waals surface area contributed by atoms with Crippen LogP contribution < -0.4 is 10.6 Å². The molecule has 0 aliphatic rings. The van der Waals surface area contributed by atoms with Gasteiger partial charge in [-0.25, -0.2) is 0 Å². The molecule has 2 aromatic heterocycles. The van der Waals surface area contributed by atoms with Crippen LogP contribution in [0.2, 0.25) is 0 Å². The van der Waals surface area contributed by atoms with Crippen LogP contribution in [0, 0.1) is 12.8 Å². The highest BCUT2D eigenvalue weighted by molar-refractivity contribution is 5.92. The van der Waals surface area contributed by atoms with Crippen LogP contribution in [0.4, 0.5) is 24.5 Å². The Morgan fingerprint density at radius 2 is 1.90 bits per heavy atom. The third-order valence-electron chi connectivity index (χ3n) is 4.36. The lowest BCUT2D eigenvalue weighted by Gasteiger charge is -2.11. The van der Waals surface area contributed by atoms with Crippen LogP contribution in [-0.2, 0) is 28.9 Å². The normalized spacial score (nSPS) is 12.4. The summed E-state index contributed by atoms with van der Waals surface area (Å²) in [5.74, 6) is -1.14. The lowest BCUT2D eigenvalue weighted by Crippen LogP contribution is -2.24. The van der Waals surface area contributed by atoms with Gasteiger partial charge in [-0.3, -0.25) is 19.0 Å². The number of amides is 2. The molecule has 3 rings (SSSR count). The number of alkyl halides is 3. The van der Waals surface area contributed by atoms with Crippen molar-refractivity contribution < 1.29 is 22.8 Å². The molecule has 0 fully saturated rings. The second-order valence-corrected chi connectivity index (χ2v) is 7.12. The van der Waals surface area contributed by atoms with Crippen molar-refractivity contribution >= 4 is 23.2 Å². The van der Waals surface area contributed by atoms with Gasteiger partial charge in [0.1, 0.15) is 6.54 Å². The highest BCUT2D eigenvalue weighted by atomic mass is 19.4. The number of anilines is 2. The molecule has 11 heteroatoms. The van der Waals surface area contributed by atoms with E-state index in [1.165, 1.54) is 29.2 Å². The van der Waals surface area contributed by atoms with E-state index in [1.807, 2.05) is 13.0 Å². The Labute approximate surface area is 176 Å².